The number of nitrogens with zero attached hydrogens (tertiary/aromatic N) is 2. The summed E-state index contributed by atoms with van der Waals surface area (Å²) in [5.74, 6) is -0.853. The van der Waals surface area contributed by atoms with E-state index in [1.54, 1.807) is 6.92 Å². The molecule has 0 saturated carbocycles. The Kier molecular flexibility index (Phi) is 5.41. The van der Waals surface area contributed by atoms with Crippen molar-refractivity contribution in [3.8, 4) is 0 Å². The fraction of sp³-hybridized carbons (Fsp3) is 0.538. The van der Waals surface area contributed by atoms with Gasteiger partial charge in [-0.15, -0.1) is 0 Å². The summed E-state index contributed by atoms with van der Waals surface area (Å²) in [7, 11) is -3.79. The number of nitrogens with two attached hydrogens (primary N) is 1. The van der Waals surface area contributed by atoms with Crippen molar-refractivity contribution in [1.29, 1.82) is 0 Å². The van der Waals surface area contributed by atoms with E-state index >= 15 is 0 Å². The van der Waals surface area contributed by atoms with Crippen LogP contribution in [0, 0.1) is 5.92 Å². The Hall–Kier alpha value is -1.19. The van der Waals surface area contributed by atoms with Crippen molar-refractivity contribution < 1.29 is 17.9 Å². The van der Waals surface area contributed by atoms with Gasteiger partial charge in [0.25, 0.3) is 0 Å². The molecule has 122 valence electrons. The largest absolute Gasteiger partial charge is 0.466 e. The van der Waals surface area contributed by atoms with Crippen LogP contribution in [0.25, 0.3) is 0 Å². The van der Waals surface area contributed by atoms with Crippen LogP contribution in [0.1, 0.15) is 19.8 Å². The van der Waals surface area contributed by atoms with Crippen molar-refractivity contribution >= 4 is 37.7 Å². The molecule has 1 aromatic rings. The van der Waals surface area contributed by atoms with E-state index in [0.29, 0.717) is 23.9 Å². The predicted molar refractivity (Wildman–Crippen MR) is 84.5 cm³/mol. The zero-order chi connectivity index (χ0) is 16.3. The first kappa shape index (κ1) is 17.2. The summed E-state index contributed by atoms with van der Waals surface area (Å²) >= 11 is 3.19. The molecule has 1 aromatic heterocycles. The van der Waals surface area contributed by atoms with E-state index in [1.807, 2.05) is 0 Å². The van der Waals surface area contributed by atoms with Crippen LogP contribution in [0.4, 0.5) is 5.82 Å². The summed E-state index contributed by atoms with van der Waals surface area (Å²) in [6, 6.07) is 1.42. The van der Waals surface area contributed by atoms with Gasteiger partial charge in [-0.2, -0.15) is 4.31 Å². The zero-order valence-electron chi connectivity index (χ0n) is 12.2. The van der Waals surface area contributed by atoms with Crippen molar-refractivity contribution in [3.05, 3.63) is 16.7 Å². The second-order valence-electron chi connectivity index (χ2n) is 4.99. The van der Waals surface area contributed by atoms with Crippen molar-refractivity contribution in [2.45, 2.75) is 24.7 Å². The van der Waals surface area contributed by atoms with Crippen LogP contribution in [0.15, 0.2) is 21.6 Å². The number of halogens is 1. The average Bonchev–Trinajstić information content (AvgIpc) is 2.50. The van der Waals surface area contributed by atoms with Crippen molar-refractivity contribution in [2.24, 2.45) is 5.92 Å². The Morgan fingerprint density at radius 1 is 1.59 bits per heavy atom. The highest BCUT2D eigenvalue weighted by Crippen LogP contribution is 2.28. The number of pyridine rings is 1. The minimum atomic E-state index is -3.79. The van der Waals surface area contributed by atoms with E-state index < -0.39 is 15.9 Å². The Morgan fingerprint density at radius 3 is 3.00 bits per heavy atom. The Morgan fingerprint density at radius 2 is 2.32 bits per heavy atom. The van der Waals surface area contributed by atoms with E-state index in [1.165, 1.54) is 16.6 Å². The quantitative estimate of drug-likeness (QED) is 0.777. The second-order valence-corrected chi connectivity index (χ2v) is 7.81. The molecule has 7 nitrogen and oxygen atoms in total. The first-order valence-electron chi connectivity index (χ1n) is 6.94. The first-order chi connectivity index (χ1) is 10.4. The number of piperidine rings is 1. The monoisotopic (exact) mass is 391 g/mol. The molecule has 2 N–H and O–H groups in total. The minimum Gasteiger partial charge on any atom is -0.466 e. The van der Waals surface area contributed by atoms with Gasteiger partial charge in [-0.25, -0.2) is 13.4 Å². The number of sulfonamides is 1. The molecule has 0 bridgehead atoms. The van der Waals surface area contributed by atoms with Crippen molar-refractivity contribution in [1.82, 2.24) is 9.29 Å². The van der Waals surface area contributed by atoms with Crippen LogP contribution in [-0.2, 0) is 19.6 Å². The number of carbonyl (C=O) groups is 1. The van der Waals surface area contributed by atoms with E-state index in [2.05, 4.69) is 20.9 Å². The molecule has 2 rings (SSSR count). The second kappa shape index (κ2) is 6.93. The van der Waals surface area contributed by atoms with Crippen LogP contribution in [0.3, 0.4) is 0 Å². The van der Waals surface area contributed by atoms with Crippen LogP contribution in [0.5, 0.6) is 0 Å². The number of rotatable bonds is 4. The number of aromatic nitrogens is 1. The van der Waals surface area contributed by atoms with Gasteiger partial charge in [-0.1, -0.05) is 0 Å². The van der Waals surface area contributed by atoms with Gasteiger partial charge in [0.05, 0.1) is 12.5 Å². The normalized spacial score (nSPS) is 19.8. The maximum atomic E-state index is 12.7. The molecule has 0 radical (unpaired) electrons. The summed E-state index contributed by atoms with van der Waals surface area (Å²) in [4.78, 5) is 15.6. The average molecular weight is 392 g/mol. The van der Waals surface area contributed by atoms with E-state index in [0.717, 1.165) is 0 Å². The fourth-order valence-corrected chi connectivity index (χ4v) is 4.49. The molecule has 0 spiro atoms. The lowest BCUT2D eigenvalue weighted by molar-refractivity contribution is -0.149. The lowest BCUT2D eigenvalue weighted by atomic mass is 10.0. The van der Waals surface area contributed by atoms with Gasteiger partial charge in [-0.3, -0.25) is 4.79 Å². The predicted octanol–water partition coefficient (Wildman–Crippen LogP) is 1.39. The Balaban J connectivity index is 2.25. The van der Waals surface area contributed by atoms with Gasteiger partial charge in [-0.05, 0) is 41.8 Å². The topological polar surface area (TPSA) is 103 Å². The minimum absolute atomic E-state index is 0.0496. The van der Waals surface area contributed by atoms with Crippen LogP contribution >= 0.6 is 15.9 Å². The van der Waals surface area contributed by atoms with Gasteiger partial charge in [0, 0.05) is 23.8 Å². The number of carbonyl (C=O) groups excluding carboxylic acids is 1. The molecule has 2 heterocycles. The molecule has 0 amide bonds. The molecular weight excluding hydrogens is 374 g/mol. The van der Waals surface area contributed by atoms with Gasteiger partial charge < -0.3 is 10.5 Å². The van der Waals surface area contributed by atoms with E-state index in [9.17, 15) is 13.2 Å². The molecule has 1 fully saturated rings. The van der Waals surface area contributed by atoms with E-state index in [4.69, 9.17) is 10.5 Å². The standard InChI is InChI=1S/C13H18BrN3O4S/c1-2-21-13(18)9-4-3-5-17(8-9)22(19,20)11-6-10(14)7-16-12(11)15/h6-7,9H,2-5,8H2,1H3,(H2,15,16). The molecule has 1 atom stereocenters. The number of esters is 1. The van der Waals surface area contributed by atoms with Crippen molar-refractivity contribution in [3.63, 3.8) is 0 Å². The third kappa shape index (κ3) is 3.58. The van der Waals surface area contributed by atoms with Crippen molar-refractivity contribution in [2.75, 3.05) is 25.4 Å². The highest BCUT2D eigenvalue weighted by molar-refractivity contribution is 9.10. The SMILES string of the molecule is CCOC(=O)C1CCCN(S(=O)(=O)c2cc(Br)cnc2N)C1. The van der Waals surface area contributed by atoms with Gasteiger partial charge in [0.2, 0.25) is 10.0 Å². The van der Waals surface area contributed by atoms with Gasteiger partial charge >= 0.3 is 5.97 Å². The molecule has 1 unspecified atom stereocenters. The molecule has 22 heavy (non-hydrogen) atoms. The maximum absolute atomic E-state index is 12.7. The number of anilines is 1. The maximum Gasteiger partial charge on any atom is 0.310 e. The Labute approximate surface area is 138 Å². The van der Waals surface area contributed by atoms with Crippen LogP contribution in [-0.4, -0.2) is 43.4 Å². The van der Waals surface area contributed by atoms with Gasteiger partial charge in [0.1, 0.15) is 10.7 Å². The first-order valence-corrected chi connectivity index (χ1v) is 9.17. The summed E-state index contributed by atoms with van der Waals surface area (Å²) in [6.07, 6.45) is 2.66. The van der Waals surface area contributed by atoms with Crippen LogP contribution < -0.4 is 5.73 Å². The lowest BCUT2D eigenvalue weighted by Crippen LogP contribution is -2.43. The highest BCUT2D eigenvalue weighted by atomic mass is 79.9. The zero-order valence-corrected chi connectivity index (χ0v) is 14.6. The third-order valence-corrected chi connectivity index (χ3v) is 5.80. The fourth-order valence-electron chi connectivity index (χ4n) is 2.39. The Bertz CT molecular complexity index is 665. The summed E-state index contributed by atoms with van der Waals surface area (Å²) in [5, 5.41) is 0. The molecule has 0 aromatic carbocycles. The van der Waals surface area contributed by atoms with Gasteiger partial charge in [0.15, 0.2) is 0 Å². The third-order valence-electron chi connectivity index (χ3n) is 3.47. The number of hydrogen-bond acceptors (Lipinski definition) is 6. The smallest absolute Gasteiger partial charge is 0.310 e. The molecule has 9 heteroatoms. The lowest BCUT2D eigenvalue weighted by Gasteiger charge is -2.30. The van der Waals surface area contributed by atoms with E-state index in [-0.39, 0.29) is 29.8 Å². The molecular formula is C13H18BrN3O4S. The molecule has 1 aliphatic heterocycles. The highest BCUT2D eigenvalue weighted by Gasteiger charge is 2.35. The number of ether oxygens (including phenoxy) is 1. The molecule has 0 aliphatic carbocycles. The summed E-state index contributed by atoms with van der Waals surface area (Å²) < 4.78 is 32.2. The van der Waals surface area contributed by atoms with Crippen LogP contribution in [0.2, 0.25) is 0 Å². The molecule has 1 saturated heterocycles. The number of hydrogen-bond donors (Lipinski definition) is 1. The summed E-state index contributed by atoms with van der Waals surface area (Å²) in [5.41, 5.74) is 5.69. The molecule has 1 aliphatic rings. The number of nitrogen functional groups attached to an aromatic ring is 1. The summed E-state index contributed by atoms with van der Waals surface area (Å²) in [6.45, 7) is 2.46.